The van der Waals surface area contributed by atoms with E-state index in [1.165, 1.54) is 6.07 Å². The molecule has 0 saturated carbocycles. The molecule has 0 spiro atoms. The van der Waals surface area contributed by atoms with Crippen molar-refractivity contribution in [3.63, 3.8) is 0 Å². The van der Waals surface area contributed by atoms with Gasteiger partial charge in [-0.05, 0) is 18.2 Å². The Morgan fingerprint density at radius 2 is 1.95 bits per heavy atom. The fraction of sp³-hybridized carbons (Fsp3) is 0.333. The van der Waals surface area contributed by atoms with Crippen LogP contribution < -0.4 is 4.90 Å². The average molecular weight is 336 g/mol. The topological polar surface area (TPSA) is 78.2 Å². The summed E-state index contributed by atoms with van der Waals surface area (Å²) in [7, 11) is -4.95. The van der Waals surface area contributed by atoms with Crippen molar-refractivity contribution in [1.82, 2.24) is 0 Å². The molecule has 0 aliphatic carbocycles. The second-order valence-corrected chi connectivity index (χ2v) is 6.27. The number of carbonyl (C=O) groups excluding carboxylic acids is 1. The SMILES string of the molecule is N#Cc1cc(C(F)(F)F)ccc1N1CC(S(=O)(=O)F)CC1=O. The largest absolute Gasteiger partial charge is 0.416 e. The maximum atomic E-state index is 12.9. The molecule has 2 rings (SSSR count). The first-order valence-corrected chi connectivity index (χ1v) is 7.34. The average Bonchev–Trinajstić information content (AvgIpc) is 2.79. The Morgan fingerprint density at radius 3 is 2.41 bits per heavy atom. The molecular formula is C12H8F4N2O3S. The lowest BCUT2D eigenvalue weighted by molar-refractivity contribution is -0.137. The second-order valence-electron chi connectivity index (χ2n) is 4.65. The quantitative estimate of drug-likeness (QED) is 0.611. The molecule has 1 amide bonds. The maximum absolute atomic E-state index is 12.9. The number of carbonyl (C=O) groups is 1. The van der Waals surface area contributed by atoms with E-state index in [4.69, 9.17) is 5.26 Å². The highest BCUT2D eigenvalue weighted by Crippen LogP contribution is 2.34. The molecule has 0 radical (unpaired) electrons. The Bertz CT molecular complexity index is 768. The zero-order valence-electron chi connectivity index (χ0n) is 10.8. The van der Waals surface area contributed by atoms with Crippen LogP contribution in [0.5, 0.6) is 0 Å². The lowest BCUT2D eigenvalue weighted by Crippen LogP contribution is -2.27. The van der Waals surface area contributed by atoms with E-state index in [1.807, 2.05) is 0 Å². The third-order valence-corrected chi connectivity index (χ3v) is 4.33. The number of benzene rings is 1. The smallest absolute Gasteiger partial charge is 0.310 e. The molecule has 1 aromatic rings. The Kier molecular flexibility index (Phi) is 3.87. The summed E-state index contributed by atoms with van der Waals surface area (Å²) in [5, 5.41) is 7.34. The van der Waals surface area contributed by atoms with Crippen molar-refractivity contribution in [1.29, 1.82) is 5.26 Å². The number of amides is 1. The minimum absolute atomic E-state index is 0.174. The molecule has 0 bridgehead atoms. The zero-order valence-corrected chi connectivity index (χ0v) is 11.6. The molecule has 1 fully saturated rings. The van der Waals surface area contributed by atoms with Gasteiger partial charge < -0.3 is 4.90 Å². The molecule has 22 heavy (non-hydrogen) atoms. The molecule has 1 unspecified atom stereocenters. The van der Waals surface area contributed by atoms with Crippen molar-refractivity contribution in [2.45, 2.75) is 17.8 Å². The molecule has 1 saturated heterocycles. The highest BCUT2D eigenvalue weighted by molar-refractivity contribution is 7.87. The molecule has 118 valence electrons. The van der Waals surface area contributed by atoms with Gasteiger partial charge in [0.05, 0.1) is 16.8 Å². The first-order valence-electron chi connectivity index (χ1n) is 5.89. The van der Waals surface area contributed by atoms with Gasteiger partial charge in [0, 0.05) is 13.0 Å². The van der Waals surface area contributed by atoms with E-state index in [-0.39, 0.29) is 5.69 Å². The summed E-state index contributed by atoms with van der Waals surface area (Å²) in [6.45, 7) is -0.544. The van der Waals surface area contributed by atoms with Crippen LogP contribution in [0.1, 0.15) is 17.5 Å². The first-order chi connectivity index (χ1) is 10.0. The summed E-state index contributed by atoms with van der Waals surface area (Å²) in [6, 6.07) is 3.64. The summed E-state index contributed by atoms with van der Waals surface area (Å²) in [6.07, 6.45) is -5.28. The van der Waals surface area contributed by atoms with Crippen molar-refractivity contribution in [2.24, 2.45) is 0 Å². The van der Waals surface area contributed by atoms with Gasteiger partial charge in [-0.15, -0.1) is 3.89 Å². The number of hydrogen-bond acceptors (Lipinski definition) is 4. The van der Waals surface area contributed by atoms with Gasteiger partial charge in [0.25, 0.3) is 0 Å². The van der Waals surface area contributed by atoms with E-state index in [0.717, 1.165) is 11.0 Å². The molecule has 1 aliphatic rings. The highest BCUT2D eigenvalue weighted by Gasteiger charge is 2.40. The standard InChI is InChI=1S/C12H8F4N2O3S/c13-12(14,15)8-1-2-10(7(3-8)5-17)18-6-9(4-11(18)19)22(16,20)21/h1-3,9H,4,6H2. The number of nitrogens with zero attached hydrogens (tertiary/aromatic N) is 2. The number of alkyl halides is 3. The molecule has 0 aromatic heterocycles. The normalized spacial score (nSPS) is 19.3. The van der Waals surface area contributed by atoms with E-state index < -0.39 is 51.6 Å². The van der Waals surface area contributed by atoms with Gasteiger partial charge in [-0.1, -0.05) is 0 Å². The third-order valence-electron chi connectivity index (χ3n) is 3.22. The summed E-state index contributed by atoms with van der Waals surface area (Å²) in [5.74, 6) is -0.775. The van der Waals surface area contributed by atoms with Crippen LogP contribution in [0.25, 0.3) is 0 Å². The van der Waals surface area contributed by atoms with Crippen molar-refractivity contribution in [2.75, 3.05) is 11.4 Å². The summed E-state index contributed by atoms with van der Waals surface area (Å²) < 4.78 is 72.4. The van der Waals surface area contributed by atoms with E-state index in [2.05, 4.69) is 0 Å². The fourth-order valence-electron chi connectivity index (χ4n) is 2.13. The van der Waals surface area contributed by atoms with Crippen molar-refractivity contribution in [3.8, 4) is 6.07 Å². The van der Waals surface area contributed by atoms with Crippen LogP contribution in [0.4, 0.5) is 22.7 Å². The van der Waals surface area contributed by atoms with E-state index in [0.29, 0.717) is 12.1 Å². The zero-order chi connectivity index (χ0) is 16.7. The Morgan fingerprint density at radius 1 is 1.32 bits per heavy atom. The van der Waals surface area contributed by atoms with Crippen LogP contribution in [-0.4, -0.2) is 26.1 Å². The summed E-state index contributed by atoms with van der Waals surface area (Å²) in [5.41, 5.74) is -1.69. The van der Waals surface area contributed by atoms with Crippen LogP contribution in [0.2, 0.25) is 0 Å². The van der Waals surface area contributed by atoms with Crippen LogP contribution in [-0.2, 0) is 21.2 Å². The maximum Gasteiger partial charge on any atom is 0.416 e. The molecule has 10 heteroatoms. The predicted molar refractivity (Wildman–Crippen MR) is 66.9 cm³/mol. The third kappa shape index (κ3) is 3.04. The van der Waals surface area contributed by atoms with E-state index in [1.54, 1.807) is 0 Å². The van der Waals surface area contributed by atoms with E-state index >= 15 is 0 Å². The lowest BCUT2D eigenvalue weighted by atomic mass is 10.1. The molecule has 5 nitrogen and oxygen atoms in total. The minimum atomic E-state index is -4.95. The monoisotopic (exact) mass is 336 g/mol. The van der Waals surface area contributed by atoms with Gasteiger partial charge in [0.1, 0.15) is 11.3 Å². The number of anilines is 1. The molecular weight excluding hydrogens is 328 g/mol. The number of nitriles is 1. The van der Waals surface area contributed by atoms with Crippen LogP contribution in [0, 0.1) is 11.3 Å². The second kappa shape index (κ2) is 5.24. The first kappa shape index (κ1) is 16.2. The van der Waals surface area contributed by atoms with Gasteiger partial charge in [-0.3, -0.25) is 4.79 Å². The summed E-state index contributed by atoms with van der Waals surface area (Å²) >= 11 is 0. The Hall–Kier alpha value is -2.15. The van der Waals surface area contributed by atoms with Crippen LogP contribution >= 0.6 is 0 Å². The molecule has 1 aromatic carbocycles. The minimum Gasteiger partial charge on any atom is -0.310 e. The number of hydrogen-bond donors (Lipinski definition) is 0. The fourth-order valence-corrected chi connectivity index (χ4v) is 2.80. The predicted octanol–water partition coefficient (Wildman–Crippen LogP) is 1.98. The molecule has 1 heterocycles. The molecule has 1 aliphatic heterocycles. The summed E-state index contributed by atoms with van der Waals surface area (Å²) in [4.78, 5) is 12.6. The van der Waals surface area contributed by atoms with Gasteiger partial charge in [0.15, 0.2) is 0 Å². The van der Waals surface area contributed by atoms with Crippen molar-refractivity contribution < 1.29 is 30.3 Å². The van der Waals surface area contributed by atoms with Crippen LogP contribution in [0.15, 0.2) is 18.2 Å². The van der Waals surface area contributed by atoms with Gasteiger partial charge in [-0.2, -0.15) is 26.9 Å². The van der Waals surface area contributed by atoms with Crippen LogP contribution in [0.3, 0.4) is 0 Å². The molecule has 1 atom stereocenters. The van der Waals surface area contributed by atoms with Gasteiger partial charge >= 0.3 is 16.4 Å². The van der Waals surface area contributed by atoms with Gasteiger partial charge in [-0.25, -0.2) is 0 Å². The Balaban J connectivity index is 2.42. The Labute approximate surface area is 123 Å². The highest BCUT2D eigenvalue weighted by atomic mass is 32.3. The van der Waals surface area contributed by atoms with Crippen molar-refractivity contribution >= 4 is 21.8 Å². The number of halogens is 4. The number of rotatable bonds is 2. The van der Waals surface area contributed by atoms with E-state index in [9.17, 15) is 30.3 Å². The lowest BCUT2D eigenvalue weighted by Gasteiger charge is -2.18. The molecule has 0 N–H and O–H groups in total. The van der Waals surface area contributed by atoms with Gasteiger partial charge in [0.2, 0.25) is 5.91 Å². The van der Waals surface area contributed by atoms with Crippen molar-refractivity contribution in [3.05, 3.63) is 29.3 Å².